The largest absolute Gasteiger partial charge is 0.542 e. The summed E-state index contributed by atoms with van der Waals surface area (Å²) in [5, 5.41) is 0. The Labute approximate surface area is 94.4 Å². The van der Waals surface area contributed by atoms with Crippen LogP contribution in [0.4, 0.5) is 8.78 Å². The maximum atomic E-state index is 13.5. The van der Waals surface area contributed by atoms with Crippen LogP contribution in [-0.2, 0) is 0 Å². The Hall–Kier alpha value is -1.23. The van der Waals surface area contributed by atoms with Gasteiger partial charge in [0.05, 0.1) is 5.56 Å². The molecule has 0 aliphatic rings. The lowest BCUT2D eigenvalue weighted by Crippen LogP contribution is -2.30. The van der Waals surface area contributed by atoms with E-state index in [-0.39, 0.29) is 11.3 Å². The van der Waals surface area contributed by atoms with E-state index in [1.54, 1.807) is 0 Å². The fourth-order valence-electron chi connectivity index (χ4n) is 1.23. The molecule has 0 N–H and O–H groups in total. The minimum Gasteiger partial charge on any atom is -0.542 e. The normalized spacial score (nSPS) is 11.4. The van der Waals surface area contributed by atoms with Gasteiger partial charge in [-0.05, 0) is 32.6 Å². The van der Waals surface area contributed by atoms with Gasteiger partial charge in [-0.15, -0.1) is 0 Å². The van der Waals surface area contributed by atoms with E-state index in [0.29, 0.717) is 0 Å². The highest BCUT2D eigenvalue weighted by Crippen LogP contribution is 2.27. The van der Waals surface area contributed by atoms with Gasteiger partial charge in [0, 0.05) is 6.07 Å². The second-order valence-corrected chi connectivity index (χ2v) is 8.96. The molecule has 0 aliphatic carbocycles. The molecule has 1 rings (SSSR count). The van der Waals surface area contributed by atoms with Crippen LogP contribution in [0.25, 0.3) is 0 Å². The Bertz CT molecular complexity index is 425. The SMILES string of the molecule is CC(=O)c1cc(F)cc(F)c1O[Si](C)(C)C. The molecule has 0 radical (unpaired) electrons. The maximum Gasteiger partial charge on any atom is 0.242 e. The van der Waals surface area contributed by atoms with Crippen molar-refractivity contribution < 1.29 is 18.0 Å². The Morgan fingerprint density at radius 1 is 1.25 bits per heavy atom. The molecule has 2 nitrogen and oxygen atoms in total. The molecule has 0 aromatic heterocycles. The molecule has 0 spiro atoms. The summed E-state index contributed by atoms with van der Waals surface area (Å²) in [5.41, 5.74) is -0.0417. The summed E-state index contributed by atoms with van der Waals surface area (Å²) >= 11 is 0. The predicted molar refractivity (Wildman–Crippen MR) is 60.3 cm³/mol. The first-order chi connectivity index (χ1) is 7.20. The molecule has 1 aromatic carbocycles. The van der Waals surface area contributed by atoms with E-state index in [9.17, 15) is 13.6 Å². The van der Waals surface area contributed by atoms with Gasteiger partial charge in [0.25, 0.3) is 0 Å². The number of ketones is 1. The third-order valence-corrected chi connectivity index (χ3v) is 2.61. The van der Waals surface area contributed by atoms with Crippen LogP contribution in [0.15, 0.2) is 12.1 Å². The summed E-state index contributed by atoms with van der Waals surface area (Å²) in [5.74, 6) is -2.14. The number of halogens is 2. The van der Waals surface area contributed by atoms with Crippen LogP contribution in [0, 0.1) is 11.6 Å². The Kier molecular flexibility index (Phi) is 3.47. The Morgan fingerprint density at radius 3 is 2.25 bits per heavy atom. The van der Waals surface area contributed by atoms with E-state index in [1.807, 2.05) is 19.6 Å². The Morgan fingerprint density at radius 2 is 1.81 bits per heavy atom. The number of carbonyl (C=O) groups excluding carboxylic acids is 1. The van der Waals surface area contributed by atoms with Gasteiger partial charge in [0.2, 0.25) is 8.32 Å². The van der Waals surface area contributed by atoms with E-state index >= 15 is 0 Å². The number of hydrogen-bond donors (Lipinski definition) is 0. The summed E-state index contributed by atoms with van der Waals surface area (Å²) in [6, 6.07) is 1.72. The molecule has 88 valence electrons. The molecule has 16 heavy (non-hydrogen) atoms. The van der Waals surface area contributed by atoms with Gasteiger partial charge in [0.1, 0.15) is 5.82 Å². The average molecular weight is 244 g/mol. The van der Waals surface area contributed by atoms with Crippen molar-refractivity contribution in [1.29, 1.82) is 0 Å². The monoisotopic (exact) mass is 244 g/mol. The fourth-order valence-corrected chi connectivity index (χ4v) is 2.05. The summed E-state index contributed by atoms with van der Waals surface area (Å²) in [7, 11) is -2.04. The predicted octanol–water partition coefficient (Wildman–Crippen LogP) is 3.38. The third-order valence-electron chi connectivity index (χ3n) is 1.80. The number of carbonyl (C=O) groups is 1. The first-order valence-electron chi connectivity index (χ1n) is 4.90. The van der Waals surface area contributed by atoms with Gasteiger partial charge in [-0.1, -0.05) is 0 Å². The number of hydrogen-bond acceptors (Lipinski definition) is 2. The van der Waals surface area contributed by atoms with E-state index < -0.39 is 25.7 Å². The summed E-state index contributed by atoms with van der Waals surface area (Å²) in [6.07, 6.45) is 0. The van der Waals surface area contributed by atoms with Crippen LogP contribution in [0.1, 0.15) is 17.3 Å². The number of benzene rings is 1. The second kappa shape index (κ2) is 4.33. The molecule has 0 atom stereocenters. The van der Waals surface area contributed by atoms with Gasteiger partial charge < -0.3 is 4.43 Å². The smallest absolute Gasteiger partial charge is 0.242 e. The van der Waals surface area contributed by atoms with Crippen molar-refractivity contribution in [1.82, 2.24) is 0 Å². The van der Waals surface area contributed by atoms with E-state index in [0.717, 1.165) is 12.1 Å². The van der Waals surface area contributed by atoms with E-state index in [2.05, 4.69) is 0 Å². The van der Waals surface area contributed by atoms with Crippen LogP contribution in [-0.4, -0.2) is 14.1 Å². The molecule has 1 aromatic rings. The van der Waals surface area contributed by atoms with Gasteiger partial charge in [-0.3, -0.25) is 4.79 Å². The second-order valence-electron chi connectivity index (χ2n) is 4.53. The van der Waals surface area contributed by atoms with E-state index in [1.165, 1.54) is 6.92 Å². The number of rotatable bonds is 3. The molecule has 0 heterocycles. The van der Waals surface area contributed by atoms with Crippen LogP contribution < -0.4 is 4.43 Å². The van der Waals surface area contributed by atoms with Crippen LogP contribution in [0.5, 0.6) is 5.75 Å². The topological polar surface area (TPSA) is 26.3 Å². The van der Waals surface area contributed by atoms with Crippen LogP contribution >= 0.6 is 0 Å². The summed E-state index contributed by atoms with van der Waals surface area (Å²) in [4.78, 5) is 11.3. The van der Waals surface area contributed by atoms with Gasteiger partial charge in [0.15, 0.2) is 17.3 Å². The highest BCUT2D eigenvalue weighted by molar-refractivity contribution is 6.70. The third kappa shape index (κ3) is 3.13. The molecular formula is C11H14F2O2Si. The highest BCUT2D eigenvalue weighted by atomic mass is 28.4. The molecule has 0 saturated carbocycles. The molecule has 5 heteroatoms. The van der Waals surface area contributed by atoms with Crippen molar-refractivity contribution >= 4 is 14.1 Å². The van der Waals surface area contributed by atoms with Crippen molar-refractivity contribution in [3.8, 4) is 5.75 Å². The maximum absolute atomic E-state index is 13.5. The highest BCUT2D eigenvalue weighted by Gasteiger charge is 2.23. The molecule has 0 fully saturated rings. The number of Topliss-reactive ketones (excluding diaryl/α,β-unsaturated/α-hetero) is 1. The average Bonchev–Trinajstić information content (AvgIpc) is 2.07. The summed E-state index contributed by atoms with van der Waals surface area (Å²) in [6.45, 7) is 6.84. The molecular weight excluding hydrogens is 230 g/mol. The minimum atomic E-state index is -2.04. The van der Waals surface area contributed by atoms with Gasteiger partial charge in [-0.25, -0.2) is 8.78 Å². The van der Waals surface area contributed by atoms with Crippen LogP contribution in [0.2, 0.25) is 19.6 Å². The van der Waals surface area contributed by atoms with Crippen molar-refractivity contribution in [2.75, 3.05) is 0 Å². The zero-order valence-corrected chi connectivity index (χ0v) is 10.7. The van der Waals surface area contributed by atoms with E-state index in [4.69, 9.17) is 4.43 Å². The van der Waals surface area contributed by atoms with Gasteiger partial charge >= 0.3 is 0 Å². The van der Waals surface area contributed by atoms with Crippen molar-refractivity contribution in [3.05, 3.63) is 29.3 Å². The lowest BCUT2D eigenvalue weighted by atomic mass is 10.1. The molecule has 0 amide bonds. The Balaban J connectivity index is 3.30. The minimum absolute atomic E-state index is 0.0417. The van der Waals surface area contributed by atoms with Crippen LogP contribution in [0.3, 0.4) is 0 Å². The quantitative estimate of drug-likeness (QED) is 0.602. The molecule has 0 saturated heterocycles. The van der Waals surface area contributed by atoms with Gasteiger partial charge in [-0.2, -0.15) is 0 Å². The molecule has 0 bridgehead atoms. The lowest BCUT2D eigenvalue weighted by Gasteiger charge is -2.21. The summed E-state index contributed by atoms with van der Waals surface area (Å²) < 4.78 is 31.9. The fraction of sp³-hybridized carbons (Fsp3) is 0.364. The zero-order valence-electron chi connectivity index (χ0n) is 9.73. The standard InChI is InChI=1S/C11H14F2O2Si/c1-7(14)9-5-8(12)6-10(13)11(9)15-16(2,3)4/h5-6H,1-4H3. The van der Waals surface area contributed by atoms with Crippen molar-refractivity contribution in [2.24, 2.45) is 0 Å². The first-order valence-corrected chi connectivity index (χ1v) is 8.30. The molecule has 0 unspecified atom stereocenters. The van der Waals surface area contributed by atoms with Crippen molar-refractivity contribution in [3.63, 3.8) is 0 Å². The van der Waals surface area contributed by atoms with Crippen molar-refractivity contribution in [2.45, 2.75) is 26.6 Å². The first kappa shape index (κ1) is 12.8. The zero-order chi connectivity index (χ0) is 12.5. The lowest BCUT2D eigenvalue weighted by molar-refractivity contribution is 0.101. The molecule has 0 aliphatic heterocycles.